The summed E-state index contributed by atoms with van der Waals surface area (Å²) in [6, 6.07) is 7.44. The lowest BCUT2D eigenvalue weighted by Crippen LogP contribution is -2.34. The maximum Gasteiger partial charge on any atom is 0.259 e. The zero-order valence-electron chi connectivity index (χ0n) is 13.7. The number of amides is 1. The Labute approximate surface area is 149 Å². The molecule has 2 aromatic heterocycles. The molecule has 0 radical (unpaired) electrons. The first kappa shape index (κ1) is 15.9. The van der Waals surface area contributed by atoms with Gasteiger partial charge in [0, 0.05) is 24.8 Å². The van der Waals surface area contributed by atoms with E-state index in [0.29, 0.717) is 22.6 Å². The van der Waals surface area contributed by atoms with Gasteiger partial charge in [0.2, 0.25) is 5.43 Å². The summed E-state index contributed by atoms with van der Waals surface area (Å²) >= 11 is 6.32. The smallest absolute Gasteiger partial charge is 0.259 e. The zero-order chi connectivity index (χ0) is 17.6. The summed E-state index contributed by atoms with van der Waals surface area (Å²) in [4.78, 5) is 30.5. The molecule has 1 aromatic carbocycles. The summed E-state index contributed by atoms with van der Waals surface area (Å²) in [6.45, 7) is 0.610. The van der Waals surface area contributed by atoms with Crippen molar-refractivity contribution in [2.75, 3.05) is 6.54 Å². The number of halogens is 1. The summed E-state index contributed by atoms with van der Waals surface area (Å²) in [5, 5.41) is 5.13. The molecule has 1 unspecified atom stereocenters. The number of benzene rings is 1. The summed E-state index contributed by atoms with van der Waals surface area (Å²) in [7, 11) is 1.74. The van der Waals surface area contributed by atoms with Crippen LogP contribution in [0.3, 0.4) is 0 Å². The number of carbonyl (C=O) groups is 1. The fourth-order valence-electron chi connectivity index (χ4n) is 3.52. The van der Waals surface area contributed by atoms with Gasteiger partial charge in [-0.3, -0.25) is 14.3 Å². The predicted octanol–water partition coefficient (Wildman–Crippen LogP) is 2.89. The first-order chi connectivity index (χ1) is 12.1. The Balaban J connectivity index is 1.74. The van der Waals surface area contributed by atoms with Crippen LogP contribution in [-0.4, -0.2) is 32.1 Å². The third-order valence-corrected chi connectivity index (χ3v) is 5.13. The van der Waals surface area contributed by atoms with Gasteiger partial charge in [0.15, 0.2) is 0 Å². The molecule has 25 heavy (non-hydrogen) atoms. The van der Waals surface area contributed by atoms with E-state index in [1.54, 1.807) is 16.6 Å². The Morgan fingerprint density at radius 1 is 1.36 bits per heavy atom. The van der Waals surface area contributed by atoms with Crippen LogP contribution in [0, 0.1) is 0 Å². The van der Waals surface area contributed by atoms with Gasteiger partial charge >= 0.3 is 0 Å². The molecule has 1 atom stereocenters. The van der Waals surface area contributed by atoms with Crippen molar-refractivity contribution in [2.24, 2.45) is 7.05 Å². The number of aromatic nitrogens is 3. The molecular weight excluding hydrogens is 340 g/mol. The van der Waals surface area contributed by atoms with Gasteiger partial charge in [-0.2, -0.15) is 5.10 Å². The third-order valence-electron chi connectivity index (χ3n) is 4.79. The van der Waals surface area contributed by atoms with Gasteiger partial charge in [0.1, 0.15) is 11.2 Å². The molecule has 3 aromatic rings. The summed E-state index contributed by atoms with van der Waals surface area (Å²) in [6.07, 6.45) is 4.69. The summed E-state index contributed by atoms with van der Waals surface area (Å²) < 4.78 is 1.58. The van der Waals surface area contributed by atoms with E-state index in [1.807, 2.05) is 24.3 Å². The highest BCUT2D eigenvalue weighted by Crippen LogP contribution is 2.36. The van der Waals surface area contributed by atoms with Crippen molar-refractivity contribution in [1.82, 2.24) is 19.7 Å². The SMILES string of the molecule is Cn1ncc2c(=O)c(C(=O)N3CCCC3c3ccccc3Cl)c[nH]c21. The van der Waals surface area contributed by atoms with Crippen molar-refractivity contribution in [3.8, 4) is 0 Å². The lowest BCUT2D eigenvalue weighted by molar-refractivity contribution is 0.0734. The van der Waals surface area contributed by atoms with Crippen molar-refractivity contribution < 1.29 is 4.79 Å². The van der Waals surface area contributed by atoms with E-state index < -0.39 is 0 Å². The fraction of sp³-hybridized carbons (Fsp3) is 0.278. The van der Waals surface area contributed by atoms with Crippen molar-refractivity contribution in [2.45, 2.75) is 18.9 Å². The minimum atomic E-state index is -0.295. The molecule has 128 valence electrons. The highest BCUT2D eigenvalue weighted by atomic mass is 35.5. The maximum absolute atomic E-state index is 13.0. The molecule has 1 amide bonds. The average molecular weight is 357 g/mol. The minimum absolute atomic E-state index is 0.106. The molecule has 7 heteroatoms. The normalized spacial score (nSPS) is 17.4. The molecule has 1 fully saturated rings. The Morgan fingerprint density at radius 2 is 2.16 bits per heavy atom. The van der Waals surface area contributed by atoms with Crippen LogP contribution in [0.4, 0.5) is 0 Å². The Kier molecular flexibility index (Phi) is 3.84. The Bertz CT molecular complexity index is 1020. The maximum atomic E-state index is 13.0. The first-order valence-electron chi connectivity index (χ1n) is 8.16. The third kappa shape index (κ3) is 2.53. The van der Waals surface area contributed by atoms with Crippen molar-refractivity contribution >= 4 is 28.5 Å². The first-order valence-corrected chi connectivity index (χ1v) is 8.54. The fourth-order valence-corrected chi connectivity index (χ4v) is 3.78. The van der Waals surface area contributed by atoms with E-state index in [9.17, 15) is 9.59 Å². The standard InChI is InChI=1S/C18H17ClN4O2/c1-22-17-12(10-21-22)16(24)13(9-20-17)18(25)23-8-4-7-15(23)11-5-2-3-6-14(11)19/h2-3,5-6,9-10,15H,4,7-8H2,1H3,(H,20,24). The van der Waals surface area contributed by atoms with Crippen molar-refractivity contribution in [1.29, 1.82) is 0 Å². The van der Waals surface area contributed by atoms with E-state index in [-0.39, 0.29) is 22.9 Å². The Morgan fingerprint density at radius 3 is 2.96 bits per heavy atom. The van der Waals surface area contributed by atoms with Crippen LogP contribution >= 0.6 is 11.6 Å². The lowest BCUT2D eigenvalue weighted by atomic mass is 10.0. The number of pyridine rings is 1. The van der Waals surface area contributed by atoms with Gasteiger partial charge in [-0.05, 0) is 24.5 Å². The number of hydrogen-bond acceptors (Lipinski definition) is 3. The van der Waals surface area contributed by atoms with E-state index >= 15 is 0 Å². The number of carbonyl (C=O) groups excluding carboxylic acids is 1. The minimum Gasteiger partial charge on any atom is -0.345 e. The molecular formula is C18H17ClN4O2. The van der Waals surface area contributed by atoms with E-state index in [0.717, 1.165) is 18.4 Å². The van der Waals surface area contributed by atoms with Gasteiger partial charge in [-0.15, -0.1) is 0 Å². The molecule has 1 saturated heterocycles. The van der Waals surface area contributed by atoms with Gasteiger partial charge in [-0.1, -0.05) is 29.8 Å². The van der Waals surface area contributed by atoms with Crippen LogP contribution in [0.25, 0.3) is 11.0 Å². The van der Waals surface area contributed by atoms with Gasteiger partial charge in [0.05, 0.1) is 17.6 Å². The van der Waals surface area contributed by atoms with Crippen molar-refractivity contribution in [3.05, 3.63) is 63.0 Å². The summed E-state index contributed by atoms with van der Waals surface area (Å²) in [5.41, 5.74) is 1.37. The van der Waals surface area contributed by atoms with Crippen LogP contribution < -0.4 is 5.43 Å². The average Bonchev–Trinajstić information content (AvgIpc) is 3.23. The highest BCUT2D eigenvalue weighted by molar-refractivity contribution is 6.31. The van der Waals surface area contributed by atoms with Crippen molar-refractivity contribution in [3.63, 3.8) is 0 Å². The molecule has 6 nitrogen and oxygen atoms in total. The molecule has 0 spiro atoms. The highest BCUT2D eigenvalue weighted by Gasteiger charge is 2.33. The monoisotopic (exact) mass is 356 g/mol. The predicted molar refractivity (Wildman–Crippen MR) is 95.8 cm³/mol. The van der Waals surface area contributed by atoms with Crippen LogP contribution in [0.1, 0.15) is 34.8 Å². The number of nitrogens with one attached hydrogen (secondary N) is 1. The number of likely N-dealkylation sites (tertiary alicyclic amines) is 1. The van der Waals surface area contributed by atoms with E-state index in [1.165, 1.54) is 12.4 Å². The topological polar surface area (TPSA) is 71.0 Å². The molecule has 0 aliphatic carbocycles. The number of aryl methyl sites for hydroxylation is 1. The lowest BCUT2D eigenvalue weighted by Gasteiger charge is -2.25. The van der Waals surface area contributed by atoms with Gasteiger partial charge in [-0.25, -0.2) is 0 Å². The largest absolute Gasteiger partial charge is 0.345 e. The molecule has 3 heterocycles. The van der Waals surface area contributed by atoms with Crippen LogP contribution in [0.15, 0.2) is 41.5 Å². The zero-order valence-corrected chi connectivity index (χ0v) is 14.5. The van der Waals surface area contributed by atoms with Crippen LogP contribution in [0.5, 0.6) is 0 Å². The number of H-pyrrole nitrogens is 1. The number of hydrogen-bond donors (Lipinski definition) is 1. The number of rotatable bonds is 2. The molecule has 1 N–H and O–H groups in total. The summed E-state index contributed by atoms with van der Waals surface area (Å²) in [5.74, 6) is -0.269. The molecule has 1 aliphatic heterocycles. The molecule has 0 saturated carbocycles. The Hall–Kier alpha value is -2.60. The van der Waals surface area contributed by atoms with E-state index in [2.05, 4.69) is 10.1 Å². The second-order valence-corrected chi connectivity index (χ2v) is 6.65. The van der Waals surface area contributed by atoms with Crippen LogP contribution in [0.2, 0.25) is 5.02 Å². The number of aromatic amines is 1. The quantitative estimate of drug-likeness (QED) is 0.767. The van der Waals surface area contributed by atoms with Gasteiger partial charge in [0.25, 0.3) is 5.91 Å². The molecule has 0 bridgehead atoms. The van der Waals surface area contributed by atoms with E-state index in [4.69, 9.17) is 11.6 Å². The van der Waals surface area contributed by atoms with Gasteiger partial charge < -0.3 is 9.88 Å². The molecule has 4 rings (SSSR count). The second-order valence-electron chi connectivity index (χ2n) is 6.24. The second kappa shape index (κ2) is 6.04. The number of fused-ring (bicyclic) bond motifs is 1. The van der Waals surface area contributed by atoms with Crippen LogP contribution in [-0.2, 0) is 7.05 Å². The molecule has 1 aliphatic rings. The number of nitrogens with zero attached hydrogens (tertiary/aromatic N) is 3.